The van der Waals surface area contributed by atoms with Gasteiger partial charge in [0, 0.05) is 83.4 Å². The van der Waals surface area contributed by atoms with E-state index < -0.39 is 53.8 Å². The van der Waals surface area contributed by atoms with Crippen LogP contribution in [0.3, 0.4) is 0 Å². The Morgan fingerprint density at radius 3 is 2.09 bits per heavy atom. The molecule has 5 fully saturated rings. The second kappa shape index (κ2) is 27.2. The Labute approximate surface area is 526 Å². The van der Waals surface area contributed by atoms with Crippen molar-refractivity contribution in [2.45, 2.75) is 174 Å². The second-order valence-electron chi connectivity index (χ2n) is 27.7. The number of benzene rings is 2. The Bertz CT molecular complexity index is 3250. The van der Waals surface area contributed by atoms with Gasteiger partial charge < -0.3 is 67.1 Å². The lowest BCUT2D eigenvalue weighted by atomic mass is 9.39. The van der Waals surface area contributed by atoms with Gasteiger partial charge in [-0.25, -0.2) is 19.6 Å². The fourth-order valence-electron chi connectivity index (χ4n) is 15.6. The maximum absolute atomic E-state index is 14.8. The molecule has 4 bridgehead atoms. The highest BCUT2D eigenvalue weighted by atomic mass is 32.1. The molecule has 89 heavy (non-hydrogen) atoms. The normalized spacial score (nSPS) is 26.6. The molecule has 6 aliphatic rings. The Morgan fingerprint density at radius 1 is 0.742 bits per heavy atom. The quantitative estimate of drug-likeness (QED) is 0.0298. The van der Waals surface area contributed by atoms with Gasteiger partial charge in [0.25, 0.3) is 5.91 Å². The van der Waals surface area contributed by atoms with Gasteiger partial charge in [-0.1, -0.05) is 43.4 Å². The van der Waals surface area contributed by atoms with E-state index in [-0.39, 0.29) is 73.8 Å². The zero-order valence-electron chi connectivity index (χ0n) is 54.1. The summed E-state index contributed by atoms with van der Waals surface area (Å²) in [4.78, 5) is 54.0. The number of para-hydroxylation sites is 1. The number of rotatable bonds is 26. The molecule has 3 aromatic heterocycles. The second-order valence-corrected chi connectivity index (χ2v) is 28.7. The number of carbonyl (C=O) groups excluding carboxylic acids is 3. The Balaban J connectivity index is 0.964. The number of nitrogens with one attached hydrogen (secondary N) is 2. The number of ether oxygens (including phenoxy) is 12. The van der Waals surface area contributed by atoms with E-state index in [0.717, 1.165) is 76.7 Å². The monoisotopic (exact) mass is 1250 g/mol. The van der Waals surface area contributed by atoms with Crippen molar-refractivity contribution in [2.24, 2.45) is 16.2 Å². The molecule has 0 spiro atoms. The Hall–Kier alpha value is -5.70. The van der Waals surface area contributed by atoms with E-state index in [0.29, 0.717) is 61.2 Å². The van der Waals surface area contributed by atoms with Gasteiger partial charge in [0.15, 0.2) is 10.8 Å². The van der Waals surface area contributed by atoms with E-state index in [1.54, 1.807) is 21.3 Å². The van der Waals surface area contributed by atoms with E-state index in [9.17, 15) is 14.4 Å². The third kappa shape index (κ3) is 15.5. The molecule has 2 aromatic carbocycles. The zero-order valence-corrected chi connectivity index (χ0v) is 54.9. The summed E-state index contributed by atoms with van der Waals surface area (Å²) < 4.78 is 74.9. The summed E-state index contributed by atoms with van der Waals surface area (Å²) in [6.07, 6.45) is 4.87. The molecular weight excluding hydrogens is 1160 g/mol. The van der Waals surface area contributed by atoms with Crippen LogP contribution < -0.4 is 15.5 Å². The number of carbonyl (C=O) groups is 3. The van der Waals surface area contributed by atoms with Crippen LogP contribution in [-0.2, 0) is 82.8 Å². The van der Waals surface area contributed by atoms with E-state index >= 15 is 0 Å². The molecule has 0 radical (unpaired) electrons. The van der Waals surface area contributed by atoms with Gasteiger partial charge in [-0.2, -0.15) is 5.10 Å². The highest BCUT2D eigenvalue weighted by molar-refractivity contribution is 7.22. The van der Waals surface area contributed by atoms with Crippen molar-refractivity contribution in [3.05, 3.63) is 88.4 Å². The first-order valence-electron chi connectivity index (χ1n) is 30.8. The number of pyridine rings is 1. The number of esters is 1. The molecule has 5 aromatic rings. The van der Waals surface area contributed by atoms with Crippen LogP contribution in [0.4, 0.5) is 15.7 Å². The minimum atomic E-state index is -0.827. The number of amides is 2. The third-order valence-electron chi connectivity index (χ3n) is 17.5. The molecule has 1 saturated heterocycles. The van der Waals surface area contributed by atoms with Gasteiger partial charge in [-0.3, -0.25) is 14.8 Å². The molecule has 4 aliphatic carbocycles. The SMILES string of the molecule is COCOC[C@@H]1OC(Cc2ccc(C(=O)Nc3nc4ccccc4s3)c3c2CCN(c2ccc(-c4cnn(CC56CC7(C)CC(C)(C5)CC(OCCNC(=O)OC(C)(C)C)(C7)C6)c4C)c(C(=O)OC(C)(C)C)n2)C3)[C@@H](OCOC)[C@H](OCOC)[C@H]1OCOC. The summed E-state index contributed by atoms with van der Waals surface area (Å²) in [5.74, 6) is -0.342. The number of alkyl carbamates (subject to hydrolysis) is 1. The van der Waals surface area contributed by atoms with Crippen LogP contribution in [-0.4, -0.2) is 167 Å². The number of thiazole rings is 1. The first-order chi connectivity index (χ1) is 42.4. The largest absolute Gasteiger partial charge is 0.455 e. The number of aromatic nitrogens is 4. The topological polar surface area (TPSA) is 233 Å². The van der Waals surface area contributed by atoms with Crippen molar-refractivity contribution in [3.8, 4) is 11.1 Å². The fraction of sp³-hybridized carbons (Fsp3) is 0.636. The lowest BCUT2D eigenvalue weighted by Gasteiger charge is -2.69. The molecular formula is C66H91N7O15S. The van der Waals surface area contributed by atoms with Gasteiger partial charge in [0.2, 0.25) is 0 Å². The molecule has 11 rings (SSSR count). The van der Waals surface area contributed by atoms with Crippen LogP contribution >= 0.6 is 11.3 Å². The standard InChI is InChI=1S/C66H91N7O15S/c1-41-46(27-68-73(41)36-65-31-63(8)30-64(9,32-65)34-66(33-63,35-65)85-25-23-67-60(76)88-62(5,6)7)44-20-21-52(70-53(44)58(75)87-61(2,3)4)72-24-22-43-42(18-19-45(47(43)28-72)57(74)71-59-69-48-16-14-15-17-51(48)89-59)26-49-54(82-38-78-11)56(84-40-80-13)55(83-39-79-12)50(86-49)29-81-37-77-10/h14-21,27,49-50,54-56H,22-26,28-40H2,1-13H3,(H,67,76)(H,69,71,74)/t49?,50-,54+,55-,56-,63?,64?,65?,66?/m0/s1. The van der Waals surface area contributed by atoms with Crippen LogP contribution in [0.15, 0.2) is 54.7 Å². The number of methoxy groups -OCH3 is 4. The highest BCUT2D eigenvalue weighted by Gasteiger charge is 2.66. The third-order valence-corrected chi connectivity index (χ3v) is 18.5. The fourth-order valence-corrected chi connectivity index (χ4v) is 16.5. The predicted molar refractivity (Wildman–Crippen MR) is 334 cm³/mol. The summed E-state index contributed by atoms with van der Waals surface area (Å²) in [6.45, 7) is 20.1. The smallest absolute Gasteiger partial charge is 0.407 e. The minimum absolute atomic E-state index is 0.0271. The lowest BCUT2D eigenvalue weighted by molar-refractivity contribution is -0.297. The molecule has 2 aliphatic heterocycles. The van der Waals surface area contributed by atoms with Gasteiger partial charge in [0.1, 0.15) is 68.6 Å². The van der Waals surface area contributed by atoms with Crippen molar-refractivity contribution < 1.29 is 71.2 Å². The first-order valence-corrected chi connectivity index (χ1v) is 31.7. The molecule has 22 nitrogen and oxygen atoms in total. The van der Waals surface area contributed by atoms with Gasteiger partial charge in [0.05, 0.1) is 41.3 Å². The van der Waals surface area contributed by atoms with Crippen molar-refractivity contribution in [2.75, 3.05) is 92.1 Å². The average Bonchev–Trinajstić information content (AvgIpc) is 1.06. The van der Waals surface area contributed by atoms with Crippen molar-refractivity contribution in [1.29, 1.82) is 0 Å². The first kappa shape index (κ1) is 66.2. The van der Waals surface area contributed by atoms with E-state index in [4.69, 9.17) is 71.9 Å². The lowest BCUT2D eigenvalue weighted by Crippen LogP contribution is -2.64. The number of nitrogens with zero attached hydrogens (tertiary/aromatic N) is 5. The summed E-state index contributed by atoms with van der Waals surface area (Å²) >= 11 is 1.40. The van der Waals surface area contributed by atoms with Crippen LogP contribution in [0, 0.1) is 23.2 Å². The Kier molecular flexibility index (Phi) is 20.3. The maximum atomic E-state index is 14.8. The number of hydrogen-bond donors (Lipinski definition) is 2. The molecule has 7 atom stereocenters. The molecule has 3 unspecified atom stereocenters. The molecule has 2 amide bonds. The molecule has 2 N–H and O–H groups in total. The summed E-state index contributed by atoms with van der Waals surface area (Å²) in [5.41, 5.74) is 4.71. The van der Waals surface area contributed by atoms with E-state index in [1.807, 2.05) is 96.3 Å². The molecule has 23 heteroatoms. The molecule has 4 saturated carbocycles. The number of hydrogen-bond acceptors (Lipinski definition) is 20. The average molecular weight is 1250 g/mol. The number of fused-ring (bicyclic) bond motifs is 2. The maximum Gasteiger partial charge on any atom is 0.407 e. The summed E-state index contributed by atoms with van der Waals surface area (Å²) in [6, 6.07) is 15.5. The zero-order chi connectivity index (χ0) is 63.5. The summed E-state index contributed by atoms with van der Waals surface area (Å²) in [5, 5.41) is 11.6. The van der Waals surface area contributed by atoms with Gasteiger partial charge in [-0.15, -0.1) is 0 Å². The van der Waals surface area contributed by atoms with Crippen molar-refractivity contribution in [3.63, 3.8) is 0 Å². The number of anilines is 2. The van der Waals surface area contributed by atoms with Gasteiger partial charge >= 0.3 is 12.1 Å². The summed E-state index contributed by atoms with van der Waals surface area (Å²) in [7, 11) is 6.18. The minimum Gasteiger partial charge on any atom is -0.455 e. The molecule has 5 heterocycles. The van der Waals surface area contributed by atoms with Crippen molar-refractivity contribution in [1.82, 2.24) is 25.1 Å². The van der Waals surface area contributed by atoms with Crippen LogP contribution in [0.25, 0.3) is 21.3 Å². The van der Waals surface area contributed by atoms with Crippen LogP contribution in [0.1, 0.15) is 137 Å². The van der Waals surface area contributed by atoms with Crippen LogP contribution in [0.5, 0.6) is 0 Å². The molecule has 486 valence electrons. The highest BCUT2D eigenvalue weighted by Crippen LogP contribution is 2.72. The predicted octanol–water partition coefficient (Wildman–Crippen LogP) is 10.2. The van der Waals surface area contributed by atoms with Gasteiger partial charge in [-0.05, 0) is 157 Å². The van der Waals surface area contributed by atoms with E-state index in [2.05, 4.69) is 41.0 Å². The van der Waals surface area contributed by atoms with E-state index in [1.165, 1.54) is 18.4 Å². The Morgan fingerprint density at radius 2 is 1.42 bits per heavy atom. The van der Waals surface area contributed by atoms with Crippen LogP contribution in [0.2, 0.25) is 0 Å². The van der Waals surface area contributed by atoms with Crippen molar-refractivity contribution >= 4 is 50.5 Å².